The molecule has 0 bridgehead atoms. The average Bonchev–Trinajstić information content (AvgIpc) is 2.84. The van der Waals surface area contributed by atoms with Gasteiger partial charge in [0.15, 0.2) is 17.6 Å². The third-order valence-corrected chi connectivity index (χ3v) is 6.34. The third-order valence-electron chi connectivity index (χ3n) is 5.88. The summed E-state index contributed by atoms with van der Waals surface area (Å²) in [6, 6.07) is 14.3. The Labute approximate surface area is 216 Å². The number of carbonyl (C=O) groups excluding carboxylic acids is 2. The molecule has 8 heteroatoms. The molecular formula is C28H31ClN2O5. The molecule has 7 nitrogen and oxygen atoms in total. The van der Waals surface area contributed by atoms with E-state index >= 15 is 0 Å². The number of ether oxygens (including phenoxy) is 2. The van der Waals surface area contributed by atoms with Crippen LogP contribution in [0.1, 0.15) is 37.0 Å². The number of aromatic hydroxyl groups is 1. The molecule has 0 heterocycles. The summed E-state index contributed by atoms with van der Waals surface area (Å²) in [6.45, 7) is 8.90. The van der Waals surface area contributed by atoms with Gasteiger partial charge in [-0.2, -0.15) is 0 Å². The number of para-hydroxylation sites is 2. The van der Waals surface area contributed by atoms with Crippen molar-refractivity contribution in [2.75, 3.05) is 17.3 Å². The number of hydrogen-bond donors (Lipinski definition) is 2. The molecule has 0 aromatic heterocycles. The molecule has 1 unspecified atom stereocenters. The van der Waals surface area contributed by atoms with E-state index in [9.17, 15) is 14.7 Å². The number of hydrogen-bond acceptors (Lipinski definition) is 5. The van der Waals surface area contributed by atoms with Crippen LogP contribution in [0.5, 0.6) is 23.0 Å². The van der Waals surface area contributed by atoms with Crippen molar-refractivity contribution in [1.82, 2.24) is 0 Å². The van der Waals surface area contributed by atoms with Gasteiger partial charge < -0.3 is 24.8 Å². The minimum atomic E-state index is -0.791. The molecule has 0 fully saturated rings. The number of carbonyl (C=O) groups is 2. The predicted molar refractivity (Wildman–Crippen MR) is 143 cm³/mol. The molecule has 0 saturated heterocycles. The molecule has 36 heavy (non-hydrogen) atoms. The average molecular weight is 511 g/mol. The van der Waals surface area contributed by atoms with Crippen molar-refractivity contribution in [2.45, 2.75) is 47.1 Å². The molecule has 0 aliphatic carbocycles. The maximum Gasteiger partial charge on any atom is 0.265 e. The van der Waals surface area contributed by atoms with Crippen molar-refractivity contribution in [3.05, 3.63) is 70.2 Å². The van der Waals surface area contributed by atoms with Crippen molar-refractivity contribution in [3.63, 3.8) is 0 Å². The number of halogens is 1. The van der Waals surface area contributed by atoms with Gasteiger partial charge in [0, 0.05) is 25.6 Å². The van der Waals surface area contributed by atoms with Gasteiger partial charge >= 0.3 is 0 Å². The summed E-state index contributed by atoms with van der Waals surface area (Å²) < 4.78 is 12.1. The number of aryl methyl sites for hydroxylation is 2. The largest absolute Gasteiger partial charge is 0.504 e. The molecule has 0 spiro atoms. The Morgan fingerprint density at radius 2 is 1.75 bits per heavy atom. The van der Waals surface area contributed by atoms with Crippen LogP contribution < -0.4 is 19.7 Å². The lowest BCUT2D eigenvalue weighted by Gasteiger charge is -2.22. The SMILES string of the molecule is CCC(Oc1ccc(C)cc1C)C(=O)Nc1cc(Oc2ccccc2N(C)C(C)=O)c(C)c(Cl)c1O. The van der Waals surface area contributed by atoms with Gasteiger partial charge in [0.05, 0.1) is 16.4 Å². The molecule has 3 rings (SSSR count). The first kappa shape index (κ1) is 26.9. The van der Waals surface area contributed by atoms with Gasteiger partial charge in [-0.25, -0.2) is 0 Å². The van der Waals surface area contributed by atoms with E-state index in [1.165, 1.54) is 17.9 Å². The highest BCUT2D eigenvalue weighted by Gasteiger charge is 2.23. The number of amides is 2. The maximum absolute atomic E-state index is 13.1. The summed E-state index contributed by atoms with van der Waals surface area (Å²) in [5.74, 6) is 0.487. The fourth-order valence-electron chi connectivity index (χ4n) is 3.64. The summed E-state index contributed by atoms with van der Waals surface area (Å²) in [7, 11) is 1.65. The zero-order valence-corrected chi connectivity index (χ0v) is 22.1. The third kappa shape index (κ3) is 5.91. The number of nitrogens with zero attached hydrogens (tertiary/aromatic N) is 1. The zero-order chi connectivity index (χ0) is 26.6. The van der Waals surface area contributed by atoms with Crippen LogP contribution >= 0.6 is 11.6 Å². The van der Waals surface area contributed by atoms with Gasteiger partial charge in [-0.05, 0) is 51.0 Å². The second kappa shape index (κ2) is 11.4. The molecule has 0 aliphatic heterocycles. The topological polar surface area (TPSA) is 88.1 Å². The molecule has 0 radical (unpaired) electrons. The summed E-state index contributed by atoms with van der Waals surface area (Å²) in [6.07, 6.45) is -0.381. The van der Waals surface area contributed by atoms with E-state index in [-0.39, 0.29) is 22.4 Å². The Hall–Kier alpha value is -3.71. The first-order valence-corrected chi connectivity index (χ1v) is 12.0. The summed E-state index contributed by atoms with van der Waals surface area (Å²) in [4.78, 5) is 26.5. The van der Waals surface area contributed by atoms with Gasteiger partial charge in [-0.1, -0.05) is 48.4 Å². The Morgan fingerprint density at radius 3 is 2.39 bits per heavy atom. The van der Waals surface area contributed by atoms with E-state index in [1.54, 1.807) is 38.2 Å². The Morgan fingerprint density at radius 1 is 1.06 bits per heavy atom. The molecule has 2 N–H and O–H groups in total. The Bertz CT molecular complexity index is 1290. The highest BCUT2D eigenvalue weighted by Crippen LogP contribution is 2.43. The first-order valence-electron chi connectivity index (χ1n) is 11.6. The Kier molecular flexibility index (Phi) is 8.48. The van der Waals surface area contributed by atoms with Crippen molar-refractivity contribution in [3.8, 4) is 23.0 Å². The van der Waals surface area contributed by atoms with Gasteiger partial charge in [0.1, 0.15) is 11.5 Å². The van der Waals surface area contributed by atoms with E-state index in [1.807, 2.05) is 39.0 Å². The molecule has 3 aromatic carbocycles. The van der Waals surface area contributed by atoms with Crippen LogP contribution in [0.3, 0.4) is 0 Å². The van der Waals surface area contributed by atoms with Crippen LogP contribution in [0, 0.1) is 20.8 Å². The monoisotopic (exact) mass is 510 g/mol. The molecule has 2 amide bonds. The zero-order valence-electron chi connectivity index (χ0n) is 21.3. The molecular weight excluding hydrogens is 480 g/mol. The number of rotatable bonds is 8. The van der Waals surface area contributed by atoms with Crippen LogP contribution in [0.2, 0.25) is 5.02 Å². The number of nitrogens with one attached hydrogen (secondary N) is 1. The standard InChI is InChI=1S/C28H31ClN2O5/c1-7-22(35-23-13-12-16(2)14-17(23)3)28(34)30-20-15-25(18(4)26(29)27(20)33)36-24-11-9-8-10-21(24)31(6)19(5)32/h8-15,22,33H,7H2,1-6H3,(H,30,34). The van der Waals surface area contributed by atoms with Crippen LogP contribution in [0.15, 0.2) is 48.5 Å². The molecule has 0 saturated carbocycles. The van der Waals surface area contributed by atoms with E-state index in [0.717, 1.165) is 11.1 Å². The normalized spacial score (nSPS) is 11.5. The quantitative estimate of drug-likeness (QED) is 0.336. The van der Waals surface area contributed by atoms with Crippen molar-refractivity contribution in [2.24, 2.45) is 0 Å². The molecule has 190 valence electrons. The minimum absolute atomic E-state index is 0.0450. The molecule has 0 aliphatic rings. The number of benzene rings is 3. The fraction of sp³-hybridized carbons (Fsp3) is 0.286. The van der Waals surface area contributed by atoms with Crippen LogP contribution in [0.25, 0.3) is 0 Å². The minimum Gasteiger partial charge on any atom is -0.504 e. The van der Waals surface area contributed by atoms with Crippen LogP contribution in [0.4, 0.5) is 11.4 Å². The smallest absolute Gasteiger partial charge is 0.265 e. The van der Waals surface area contributed by atoms with E-state index in [0.29, 0.717) is 34.9 Å². The van der Waals surface area contributed by atoms with Gasteiger partial charge in [0.2, 0.25) is 5.91 Å². The second-order valence-corrected chi connectivity index (χ2v) is 9.01. The van der Waals surface area contributed by atoms with E-state index < -0.39 is 12.0 Å². The summed E-state index contributed by atoms with van der Waals surface area (Å²) in [5, 5.41) is 13.4. The number of anilines is 2. The van der Waals surface area contributed by atoms with Gasteiger partial charge in [0.25, 0.3) is 5.91 Å². The maximum atomic E-state index is 13.1. The van der Waals surface area contributed by atoms with E-state index in [2.05, 4.69) is 5.32 Å². The lowest BCUT2D eigenvalue weighted by atomic mass is 10.1. The number of phenolic OH excluding ortho intramolecular Hbond substituents is 1. The van der Waals surface area contributed by atoms with Crippen LogP contribution in [-0.2, 0) is 9.59 Å². The van der Waals surface area contributed by atoms with Crippen molar-refractivity contribution < 1.29 is 24.2 Å². The van der Waals surface area contributed by atoms with Crippen molar-refractivity contribution in [1.29, 1.82) is 0 Å². The van der Waals surface area contributed by atoms with Crippen LogP contribution in [-0.4, -0.2) is 30.1 Å². The fourth-order valence-corrected chi connectivity index (χ4v) is 3.84. The summed E-state index contributed by atoms with van der Waals surface area (Å²) >= 11 is 6.39. The van der Waals surface area contributed by atoms with E-state index in [4.69, 9.17) is 21.1 Å². The highest BCUT2D eigenvalue weighted by atomic mass is 35.5. The highest BCUT2D eigenvalue weighted by molar-refractivity contribution is 6.33. The lowest BCUT2D eigenvalue weighted by Crippen LogP contribution is -2.32. The molecule has 1 atom stereocenters. The second-order valence-electron chi connectivity index (χ2n) is 8.63. The van der Waals surface area contributed by atoms with Gasteiger partial charge in [-0.3, -0.25) is 9.59 Å². The van der Waals surface area contributed by atoms with Gasteiger partial charge in [-0.15, -0.1) is 0 Å². The Balaban J connectivity index is 1.89. The molecule has 3 aromatic rings. The lowest BCUT2D eigenvalue weighted by molar-refractivity contribution is -0.122. The summed E-state index contributed by atoms with van der Waals surface area (Å²) in [5.41, 5.74) is 3.15. The first-order chi connectivity index (χ1) is 17.0. The van der Waals surface area contributed by atoms with Crippen molar-refractivity contribution >= 4 is 34.8 Å². The predicted octanol–water partition coefficient (Wildman–Crippen LogP) is 6.54. The number of phenols is 1.